The molecular weight excluding hydrogens is 266 g/mol. The van der Waals surface area contributed by atoms with Gasteiger partial charge in [0.1, 0.15) is 6.54 Å². The third kappa shape index (κ3) is 4.38. The molecule has 1 heterocycles. The van der Waals surface area contributed by atoms with Gasteiger partial charge >= 0.3 is 5.97 Å². The van der Waals surface area contributed by atoms with Crippen LogP contribution in [0.25, 0.3) is 0 Å². The van der Waals surface area contributed by atoms with E-state index in [9.17, 15) is 19.2 Å². The van der Waals surface area contributed by atoms with E-state index in [4.69, 9.17) is 5.11 Å². The van der Waals surface area contributed by atoms with Crippen LogP contribution < -0.4 is 16.4 Å². The highest BCUT2D eigenvalue weighted by atomic mass is 16.4. The largest absolute Gasteiger partial charge is 0.481 e. The van der Waals surface area contributed by atoms with Crippen molar-refractivity contribution in [2.45, 2.75) is 20.4 Å². The van der Waals surface area contributed by atoms with Crippen LogP contribution in [0, 0.1) is 11.8 Å². The van der Waals surface area contributed by atoms with Gasteiger partial charge in [-0.05, 0) is 5.92 Å². The van der Waals surface area contributed by atoms with Crippen molar-refractivity contribution >= 4 is 11.9 Å². The molecule has 0 aliphatic rings. The molecule has 8 heteroatoms. The van der Waals surface area contributed by atoms with Crippen LogP contribution in [0.5, 0.6) is 0 Å². The number of H-pyrrole nitrogens is 1. The topological polar surface area (TPSA) is 121 Å². The molecule has 0 saturated heterocycles. The molecule has 0 aliphatic heterocycles. The zero-order valence-electron chi connectivity index (χ0n) is 11.3. The van der Waals surface area contributed by atoms with Crippen LogP contribution in [0.3, 0.4) is 0 Å². The third-order valence-corrected chi connectivity index (χ3v) is 2.83. The first-order chi connectivity index (χ1) is 9.31. The molecule has 1 unspecified atom stereocenters. The molecule has 0 saturated carbocycles. The van der Waals surface area contributed by atoms with Crippen LogP contribution >= 0.6 is 0 Å². The Labute approximate surface area is 114 Å². The number of carboxylic acids is 1. The van der Waals surface area contributed by atoms with E-state index in [0.717, 1.165) is 16.8 Å². The maximum atomic E-state index is 11.6. The van der Waals surface area contributed by atoms with Crippen molar-refractivity contribution in [3.05, 3.63) is 32.8 Å². The van der Waals surface area contributed by atoms with Crippen LogP contribution in [0.15, 0.2) is 21.7 Å². The molecule has 0 aliphatic carbocycles. The molecule has 20 heavy (non-hydrogen) atoms. The number of nitrogens with one attached hydrogen (secondary N) is 2. The quantitative estimate of drug-likeness (QED) is 0.619. The molecule has 110 valence electrons. The summed E-state index contributed by atoms with van der Waals surface area (Å²) < 4.78 is 0.864. The molecule has 0 spiro atoms. The lowest BCUT2D eigenvalue weighted by Gasteiger charge is -2.16. The van der Waals surface area contributed by atoms with Gasteiger partial charge < -0.3 is 10.4 Å². The Hall–Kier alpha value is -2.38. The second-order valence-corrected chi connectivity index (χ2v) is 4.73. The molecule has 0 bridgehead atoms. The van der Waals surface area contributed by atoms with Crippen LogP contribution in [0.1, 0.15) is 13.8 Å². The average Bonchev–Trinajstić information content (AvgIpc) is 2.33. The summed E-state index contributed by atoms with van der Waals surface area (Å²) in [4.78, 5) is 45.0. The summed E-state index contributed by atoms with van der Waals surface area (Å²) in [6.45, 7) is 3.09. The number of hydrogen-bond donors (Lipinski definition) is 3. The Balaban J connectivity index is 2.64. The van der Waals surface area contributed by atoms with Crippen LogP contribution in [0.2, 0.25) is 0 Å². The van der Waals surface area contributed by atoms with Gasteiger partial charge in [-0.15, -0.1) is 0 Å². The molecule has 1 rings (SSSR count). The van der Waals surface area contributed by atoms with Gasteiger partial charge in [-0.3, -0.25) is 24.3 Å². The van der Waals surface area contributed by atoms with Gasteiger partial charge in [-0.2, -0.15) is 0 Å². The summed E-state index contributed by atoms with van der Waals surface area (Å²) in [6, 6.07) is 2.12. The molecular formula is C12H17N3O5. The molecule has 1 aromatic rings. The highest BCUT2D eigenvalue weighted by molar-refractivity contribution is 5.77. The summed E-state index contributed by atoms with van der Waals surface area (Å²) >= 11 is 0. The normalized spacial score (nSPS) is 12.2. The SMILES string of the molecule is CC(C)C(CNC(=O)Cn1[nH]c(=O)ccc1=O)C(=O)O. The van der Waals surface area contributed by atoms with E-state index in [1.165, 1.54) is 0 Å². The number of carbonyl (C=O) groups is 2. The van der Waals surface area contributed by atoms with Crippen molar-refractivity contribution in [2.24, 2.45) is 11.8 Å². The average molecular weight is 283 g/mol. The number of nitrogens with zero attached hydrogens (tertiary/aromatic N) is 1. The van der Waals surface area contributed by atoms with Gasteiger partial charge in [-0.1, -0.05) is 13.8 Å². The second kappa shape index (κ2) is 6.69. The lowest BCUT2D eigenvalue weighted by molar-refractivity contribution is -0.143. The van der Waals surface area contributed by atoms with E-state index in [1.807, 2.05) is 0 Å². The molecule has 0 aromatic carbocycles. The summed E-state index contributed by atoms with van der Waals surface area (Å²) in [5.41, 5.74) is -1.01. The number of rotatable bonds is 6. The van der Waals surface area contributed by atoms with Crippen molar-refractivity contribution in [1.82, 2.24) is 15.1 Å². The first kappa shape index (κ1) is 15.7. The lowest BCUT2D eigenvalue weighted by atomic mass is 9.96. The number of carboxylic acid groups (broad SMARTS) is 1. The standard InChI is InChI=1S/C12H17N3O5/c1-7(2)8(12(19)20)5-13-10(17)6-15-11(18)4-3-9(16)14-15/h3-4,7-8H,5-6H2,1-2H3,(H,13,17)(H,14,16)(H,19,20). The molecule has 1 atom stereocenters. The van der Waals surface area contributed by atoms with Gasteiger partial charge in [0.05, 0.1) is 5.92 Å². The number of aliphatic carboxylic acids is 1. The van der Waals surface area contributed by atoms with Crippen molar-refractivity contribution in [1.29, 1.82) is 0 Å². The van der Waals surface area contributed by atoms with Gasteiger partial charge in [0.2, 0.25) is 5.91 Å². The monoisotopic (exact) mass is 283 g/mol. The van der Waals surface area contributed by atoms with E-state index in [2.05, 4.69) is 10.4 Å². The van der Waals surface area contributed by atoms with E-state index in [0.29, 0.717) is 0 Å². The minimum absolute atomic E-state index is 0.0301. The van der Waals surface area contributed by atoms with Gasteiger partial charge in [0, 0.05) is 18.7 Å². The predicted molar refractivity (Wildman–Crippen MR) is 70.3 cm³/mol. The summed E-state index contributed by atoms with van der Waals surface area (Å²) in [7, 11) is 0. The number of aromatic nitrogens is 2. The summed E-state index contributed by atoms with van der Waals surface area (Å²) in [5.74, 6) is -2.37. The van der Waals surface area contributed by atoms with Crippen LogP contribution in [0.4, 0.5) is 0 Å². The predicted octanol–water partition coefficient (Wildman–Crippen LogP) is -0.990. The van der Waals surface area contributed by atoms with Crippen molar-refractivity contribution < 1.29 is 14.7 Å². The van der Waals surface area contributed by atoms with E-state index in [-0.39, 0.29) is 19.0 Å². The lowest BCUT2D eigenvalue weighted by Crippen LogP contribution is -2.40. The number of carbonyl (C=O) groups excluding carboxylic acids is 1. The van der Waals surface area contributed by atoms with Crippen LogP contribution in [-0.2, 0) is 16.1 Å². The Morgan fingerprint density at radius 1 is 1.35 bits per heavy atom. The first-order valence-electron chi connectivity index (χ1n) is 6.11. The Morgan fingerprint density at radius 2 is 2.00 bits per heavy atom. The van der Waals surface area contributed by atoms with Gasteiger partial charge in [0.15, 0.2) is 0 Å². The fraction of sp³-hybridized carbons (Fsp3) is 0.500. The Bertz CT molecular complexity index is 602. The highest BCUT2D eigenvalue weighted by Gasteiger charge is 2.22. The molecule has 1 aromatic heterocycles. The maximum absolute atomic E-state index is 11.6. The molecule has 8 nitrogen and oxygen atoms in total. The summed E-state index contributed by atoms with van der Waals surface area (Å²) in [5, 5.41) is 13.6. The fourth-order valence-corrected chi connectivity index (χ4v) is 1.61. The van der Waals surface area contributed by atoms with Crippen molar-refractivity contribution in [3.8, 4) is 0 Å². The molecule has 1 amide bonds. The molecule has 3 N–H and O–H groups in total. The van der Waals surface area contributed by atoms with E-state index >= 15 is 0 Å². The third-order valence-electron chi connectivity index (χ3n) is 2.83. The van der Waals surface area contributed by atoms with Crippen molar-refractivity contribution in [3.63, 3.8) is 0 Å². The van der Waals surface area contributed by atoms with Crippen molar-refractivity contribution in [2.75, 3.05) is 6.54 Å². The number of amides is 1. The highest BCUT2D eigenvalue weighted by Crippen LogP contribution is 2.09. The van der Waals surface area contributed by atoms with Crippen LogP contribution in [-0.4, -0.2) is 33.3 Å². The number of aromatic amines is 1. The fourth-order valence-electron chi connectivity index (χ4n) is 1.61. The maximum Gasteiger partial charge on any atom is 0.308 e. The van der Waals surface area contributed by atoms with Gasteiger partial charge in [-0.25, -0.2) is 4.68 Å². The van der Waals surface area contributed by atoms with E-state index in [1.54, 1.807) is 13.8 Å². The second-order valence-electron chi connectivity index (χ2n) is 4.73. The Morgan fingerprint density at radius 3 is 2.55 bits per heavy atom. The van der Waals surface area contributed by atoms with Gasteiger partial charge in [0.25, 0.3) is 11.1 Å². The van der Waals surface area contributed by atoms with E-state index < -0.39 is 28.9 Å². The number of hydrogen-bond acceptors (Lipinski definition) is 4. The molecule has 0 fully saturated rings. The molecule has 0 radical (unpaired) electrons. The first-order valence-corrected chi connectivity index (χ1v) is 6.11. The Kier molecular flexibility index (Phi) is 5.24. The smallest absolute Gasteiger partial charge is 0.308 e. The minimum Gasteiger partial charge on any atom is -0.481 e. The minimum atomic E-state index is -0.995. The summed E-state index contributed by atoms with van der Waals surface area (Å²) in [6.07, 6.45) is 0. The zero-order chi connectivity index (χ0) is 15.3. The zero-order valence-corrected chi connectivity index (χ0v) is 11.3.